The van der Waals surface area contributed by atoms with Crippen molar-refractivity contribution < 1.29 is 8.68 Å². The molecule has 4 nitrogen and oxygen atoms in total. The molecule has 0 saturated carbocycles. The number of hydrogen-bond acceptors (Lipinski definition) is 1. The third-order valence-electron chi connectivity index (χ3n) is 8.54. The van der Waals surface area contributed by atoms with E-state index in [1.807, 2.05) is 35.0 Å². The molecule has 0 spiro atoms. The normalized spacial score (nSPS) is 13.6. The van der Waals surface area contributed by atoms with E-state index >= 15 is 0 Å². The van der Waals surface area contributed by atoms with Crippen LogP contribution in [0.25, 0.3) is 44.3 Å². The van der Waals surface area contributed by atoms with Gasteiger partial charge in [0.05, 0.1) is 22.1 Å². The van der Waals surface area contributed by atoms with Gasteiger partial charge in [-0.3, -0.25) is 4.57 Å². The lowest BCUT2D eigenvalue weighted by molar-refractivity contribution is -0.645. The van der Waals surface area contributed by atoms with E-state index in [2.05, 4.69) is 110 Å². The van der Waals surface area contributed by atoms with Gasteiger partial charge >= 0.3 is 0 Å². The van der Waals surface area contributed by atoms with E-state index in [9.17, 15) is 0 Å². The van der Waals surface area contributed by atoms with Crippen molar-refractivity contribution in [2.45, 2.75) is 32.9 Å². The second-order valence-corrected chi connectivity index (χ2v) is 16.1. The first-order valence-electron chi connectivity index (χ1n) is 15.7. The maximum absolute atomic E-state index is 8.09. The molecule has 0 unspecified atom stereocenters. The van der Waals surface area contributed by atoms with E-state index in [1.54, 1.807) is 6.33 Å². The van der Waals surface area contributed by atoms with Gasteiger partial charge < -0.3 is 0 Å². The molecule has 0 amide bonds. The predicted molar refractivity (Wildman–Crippen MR) is 174 cm³/mol. The van der Waals surface area contributed by atoms with Crippen LogP contribution in [0.3, 0.4) is 0 Å². The van der Waals surface area contributed by atoms with Crippen LogP contribution in [0.4, 0.5) is 0 Å². The first kappa shape index (κ1) is 22.2. The van der Waals surface area contributed by atoms with Crippen LogP contribution in [-0.2, 0) is 6.98 Å². The number of rotatable bonds is 5. The van der Waals surface area contributed by atoms with Crippen molar-refractivity contribution in [1.82, 2.24) is 14.1 Å². The Kier molecular flexibility index (Phi) is 5.19. The fourth-order valence-electron chi connectivity index (χ4n) is 6.05. The van der Waals surface area contributed by atoms with Crippen molar-refractivity contribution in [1.29, 1.82) is 0 Å². The highest BCUT2D eigenvalue weighted by Gasteiger charge is 2.28. The van der Waals surface area contributed by atoms with Crippen LogP contribution in [0.5, 0.6) is 0 Å². The summed E-state index contributed by atoms with van der Waals surface area (Å²) in [7, 11) is -2.20. The van der Waals surface area contributed by atoms with E-state index in [0.717, 1.165) is 28.1 Å². The number of para-hydroxylation sites is 3. The minimum atomic E-state index is -2.27. The highest BCUT2D eigenvalue weighted by Crippen LogP contribution is 2.32. The lowest BCUT2D eigenvalue weighted by Crippen LogP contribution is -2.52. The molecule has 0 atom stereocenters. The third-order valence-corrected chi connectivity index (χ3v) is 12.0. The van der Waals surface area contributed by atoms with Gasteiger partial charge in [-0.2, -0.15) is 4.57 Å². The fourth-order valence-corrected chi connectivity index (χ4v) is 8.40. The Hall–Kier alpha value is -4.48. The standard InChI is InChI=1S/C36H35N4Si/c1-25(2)26-19-20-37-36(21-26)40-32-14-7-6-13-30(32)31-18-17-29(23-35(31)40)41(4,5)28-12-10-11-27(22-28)39-24-38(3)33-15-8-9-16-34(33)39/h6-25H,1-5H3/q+1/i3D3. The molecule has 7 aromatic rings. The number of nitrogens with zero attached hydrogens (tertiary/aromatic N) is 4. The number of fused-ring (bicyclic) bond motifs is 4. The van der Waals surface area contributed by atoms with Crippen LogP contribution in [0.15, 0.2) is 116 Å². The van der Waals surface area contributed by atoms with Gasteiger partial charge in [-0.1, -0.05) is 91.9 Å². The van der Waals surface area contributed by atoms with Gasteiger partial charge in [0.1, 0.15) is 19.6 Å². The number of aryl methyl sites for hydroxylation is 1. The molecule has 3 heterocycles. The molecule has 0 fully saturated rings. The summed E-state index contributed by atoms with van der Waals surface area (Å²) < 4.78 is 29.9. The Morgan fingerprint density at radius 3 is 2.34 bits per heavy atom. The van der Waals surface area contributed by atoms with Gasteiger partial charge in [0, 0.05) is 17.0 Å². The van der Waals surface area contributed by atoms with E-state index < -0.39 is 15.0 Å². The van der Waals surface area contributed by atoms with Crippen LogP contribution in [-0.4, -0.2) is 22.2 Å². The molecule has 0 radical (unpaired) electrons. The summed E-state index contributed by atoms with van der Waals surface area (Å²) in [5, 5.41) is 5.03. The fraction of sp³-hybridized carbons (Fsp3) is 0.167. The quantitative estimate of drug-likeness (QED) is 0.168. The number of pyridine rings is 1. The van der Waals surface area contributed by atoms with Gasteiger partial charge in [-0.15, -0.1) is 0 Å². The Labute approximate surface area is 246 Å². The molecule has 0 aliphatic heterocycles. The van der Waals surface area contributed by atoms with Crippen molar-refractivity contribution in [3.8, 4) is 11.5 Å². The van der Waals surface area contributed by atoms with Gasteiger partial charge in [0.15, 0.2) is 11.0 Å². The van der Waals surface area contributed by atoms with E-state index in [1.165, 1.54) is 31.3 Å². The molecule has 0 aliphatic rings. The molecule has 0 N–H and O–H groups in total. The first-order chi connectivity index (χ1) is 21.0. The second-order valence-electron chi connectivity index (χ2n) is 11.7. The smallest absolute Gasteiger partial charge is 0.249 e. The van der Waals surface area contributed by atoms with E-state index in [4.69, 9.17) is 9.10 Å². The average Bonchev–Trinajstić information content (AvgIpc) is 3.58. The summed E-state index contributed by atoms with van der Waals surface area (Å²) in [5.74, 6) is 1.34. The van der Waals surface area contributed by atoms with Crippen molar-refractivity contribution in [3.63, 3.8) is 0 Å². The van der Waals surface area contributed by atoms with E-state index in [0.29, 0.717) is 11.4 Å². The average molecular weight is 555 g/mol. The number of hydrogen-bond donors (Lipinski definition) is 0. The van der Waals surface area contributed by atoms with E-state index in [-0.39, 0.29) is 0 Å². The van der Waals surface area contributed by atoms with Crippen molar-refractivity contribution in [2.75, 3.05) is 0 Å². The van der Waals surface area contributed by atoms with Gasteiger partial charge in [-0.25, -0.2) is 9.55 Å². The summed E-state index contributed by atoms with van der Waals surface area (Å²) >= 11 is 0. The zero-order valence-electron chi connectivity index (χ0n) is 26.8. The summed E-state index contributed by atoms with van der Waals surface area (Å²) in [4.78, 5) is 4.83. The molecular weight excluding hydrogens is 517 g/mol. The largest absolute Gasteiger partial charge is 0.294 e. The molecule has 0 saturated heterocycles. The Morgan fingerprint density at radius 1 is 0.756 bits per heavy atom. The van der Waals surface area contributed by atoms with Crippen LogP contribution < -0.4 is 14.9 Å². The predicted octanol–water partition coefficient (Wildman–Crippen LogP) is 6.89. The summed E-state index contributed by atoms with van der Waals surface area (Å²) in [5.41, 5.74) is 6.07. The van der Waals surface area contributed by atoms with Crippen LogP contribution in [0.2, 0.25) is 13.1 Å². The maximum Gasteiger partial charge on any atom is 0.249 e. The Bertz CT molecular complexity index is 2190. The number of imidazole rings is 1. The second kappa shape index (κ2) is 9.56. The molecule has 0 bridgehead atoms. The zero-order chi connectivity index (χ0) is 30.8. The lowest BCUT2D eigenvalue weighted by Gasteiger charge is -2.24. The Morgan fingerprint density at radius 2 is 1.51 bits per heavy atom. The maximum atomic E-state index is 8.09. The number of aromatic nitrogens is 4. The molecule has 7 rings (SSSR count). The van der Waals surface area contributed by atoms with Gasteiger partial charge in [0.2, 0.25) is 6.33 Å². The highest BCUT2D eigenvalue weighted by molar-refractivity contribution is 7.00. The molecule has 4 aromatic carbocycles. The topological polar surface area (TPSA) is 26.6 Å². The summed E-state index contributed by atoms with van der Waals surface area (Å²) in [6.45, 7) is 6.92. The van der Waals surface area contributed by atoms with Crippen LogP contribution in [0, 0.1) is 0 Å². The minimum absolute atomic E-state index is 0.408. The van der Waals surface area contributed by atoms with Gasteiger partial charge in [0.25, 0.3) is 0 Å². The summed E-state index contributed by atoms with van der Waals surface area (Å²) in [6.07, 6.45) is 3.62. The molecule has 0 aliphatic carbocycles. The third kappa shape index (κ3) is 4.11. The number of benzene rings is 4. The van der Waals surface area contributed by atoms with Crippen molar-refractivity contribution in [3.05, 3.63) is 121 Å². The molecule has 202 valence electrons. The SMILES string of the molecule is [2H]C([2H])([2H])[n+]1cn(-c2cccc([Si](C)(C)c3ccc4c5ccccc5n(-c5cc(C(C)C)ccn5)c4c3)c2)c2ccccc21. The molecule has 41 heavy (non-hydrogen) atoms. The van der Waals surface area contributed by atoms with Gasteiger partial charge in [-0.05, 0) is 60.0 Å². The Balaban J connectivity index is 1.38. The molecular formula is C36H35N4Si+. The molecule has 3 aromatic heterocycles. The van der Waals surface area contributed by atoms with Crippen molar-refractivity contribution >= 4 is 51.3 Å². The van der Waals surface area contributed by atoms with Crippen LogP contribution in [0.1, 0.15) is 29.4 Å². The first-order valence-corrected chi connectivity index (χ1v) is 17.2. The summed E-state index contributed by atoms with van der Waals surface area (Å²) in [6, 6.07) is 36.1. The van der Waals surface area contributed by atoms with Crippen molar-refractivity contribution in [2.24, 2.45) is 6.98 Å². The lowest BCUT2D eigenvalue weighted by atomic mass is 10.1. The van der Waals surface area contributed by atoms with Crippen LogP contribution >= 0.6 is 0 Å². The minimum Gasteiger partial charge on any atom is -0.294 e. The highest BCUT2D eigenvalue weighted by atomic mass is 28.3. The zero-order valence-corrected chi connectivity index (χ0v) is 24.8. The molecule has 5 heteroatoms. The monoisotopic (exact) mass is 554 g/mol.